The Morgan fingerprint density at radius 1 is 1.18 bits per heavy atom. The zero-order chi connectivity index (χ0) is 21.1. The molecule has 2 rings (SSSR count). The number of amides is 1. The number of carbonyl (C=O) groups is 2. The quantitative estimate of drug-likeness (QED) is 0.466. The Morgan fingerprint density at radius 2 is 1.86 bits per heavy atom. The lowest BCUT2D eigenvalue weighted by molar-refractivity contribution is -0.385. The van der Waals surface area contributed by atoms with Crippen molar-refractivity contribution in [2.24, 2.45) is 0 Å². The lowest BCUT2D eigenvalue weighted by Crippen LogP contribution is -2.30. The Balaban J connectivity index is 2.05. The molecule has 1 atom stereocenters. The zero-order valence-electron chi connectivity index (χ0n) is 14.7. The lowest BCUT2D eigenvalue weighted by Gasteiger charge is -2.15. The molecule has 2 aromatic rings. The van der Waals surface area contributed by atoms with Crippen molar-refractivity contribution in [3.05, 3.63) is 69.3 Å². The lowest BCUT2D eigenvalue weighted by atomic mass is 10.1. The van der Waals surface area contributed by atoms with E-state index in [2.05, 4.69) is 5.32 Å². The first-order valence-corrected chi connectivity index (χ1v) is 7.93. The van der Waals surface area contributed by atoms with E-state index < -0.39 is 34.6 Å². The molecule has 1 unspecified atom stereocenters. The van der Waals surface area contributed by atoms with Crippen molar-refractivity contribution in [3.63, 3.8) is 0 Å². The molecule has 0 aliphatic heterocycles. The fraction of sp³-hybridized carbons (Fsp3) is 0.222. The van der Waals surface area contributed by atoms with Crippen LogP contribution >= 0.6 is 0 Å². The van der Waals surface area contributed by atoms with Gasteiger partial charge in [0.1, 0.15) is 0 Å². The fourth-order valence-electron chi connectivity index (χ4n) is 2.29. The van der Waals surface area contributed by atoms with Gasteiger partial charge in [0, 0.05) is 17.3 Å². The predicted octanol–water partition coefficient (Wildman–Crippen LogP) is 4.11. The molecule has 148 valence electrons. The largest absolute Gasteiger partial charge is 0.449 e. The highest BCUT2D eigenvalue weighted by Crippen LogP contribution is 2.30. The van der Waals surface area contributed by atoms with Gasteiger partial charge < -0.3 is 10.1 Å². The van der Waals surface area contributed by atoms with Crippen LogP contribution in [0.25, 0.3) is 0 Å². The summed E-state index contributed by atoms with van der Waals surface area (Å²) in [5.74, 6) is -1.73. The van der Waals surface area contributed by atoms with Gasteiger partial charge in [0.25, 0.3) is 11.6 Å². The number of ether oxygens (including phenoxy) is 1. The Labute approximate surface area is 157 Å². The first-order valence-electron chi connectivity index (χ1n) is 7.93. The average molecular weight is 396 g/mol. The molecule has 2 aromatic carbocycles. The molecular weight excluding hydrogens is 381 g/mol. The molecule has 0 radical (unpaired) electrons. The number of alkyl halides is 3. The molecule has 1 N–H and O–H groups in total. The maximum Gasteiger partial charge on any atom is 0.416 e. The Morgan fingerprint density at radius 3 is 2.43 bits per heavy atom. The second-order valence-corrected chi connectivity index (χ2v) is 5.87. The SMILES string of the molecule is Cc1cc(C(=O)OC(C)C(=O)Nc2cccc(C(F)(F)F)c2)ccc1[N+](=O)[O-]. The summed E-state index contributed by atoms with van der Waals surface area (Å²) in [6.45, 7) is 2.69. The molecule has 1 amide bonds. The van der Waals surface area contributed by atoms with Crippen molar-refractivity contribution < 1.29 is 32.4 Å². The number of benzene rings is 2. The van der Waals surface area contributed by atoms with Crippen LogP contribution in [-0.2, 0) is 15.7 Å². The van der Waals surface area contributed by atoms with Crippen molar-refractivity contribution in [1.29, 1.82) is 0 Å². The first-order chi connectivity index (χ1) is 13.0. The second-order valence-electron chi connectivity index (χ2n) is 5.87. The third kappa shape index (κ3) is 5.06. The molecular formula is C18H15F3N2O5. The van der Waals surface area contributed by atoms with Gasteiger partial charge >= 0.3 is 12.1 Å². The summed E-state index contributed by atoms with van der Waals surface area (Å²) in [4.78, 5) is 34.4. The van der Waals surface area contributed by atoms with Gasteiger partial charge in [0.15, 0.2) is 6.10 Å². The van der Waals surface area contributed by atoms with E-state index in [4.69, 9.17) is 4.74 Å². The molecule has 0 bridgehead atoms. The average Bonchev–Trinajstić information content (AvgIpc) is 2.60. The molecule has 0 saturated heterocycles. The van der Waals surface area contributed by atoms with Crippen molar-refractivity contribution in [1.82, 2.24) is 0 Å². The van der Waals surface area contributed by atoms with Crippen LogP contribution in [-0.4, -0.2) is 22.9 Å². The summed E-state index contributed by atoms with van der Waals surface area (Å²) in [7, 11) is 0. The van der Waals surface area contributed by atoms with E-state index in [9.17, 15) is 32.9 Å². The van der Waals surface area contributed by atoms with Crippen LogP contribution in [0.1, 0.15) is 28.4 Å². The molecule has 0 fully saturated rings. The smallest absolute Gasteiger partial charge is 0.416 e. The number of esters is 1. The van der Waals surface area contributed by atoms with Gasteiger partial charge in [-0.25, -0.2) is 4.79 Å². The van der Waals surface area contributed by atoms with E-state index in [1.807, 2.05) is 0 Å². The Hall–Kier alpha value is -3.43. The molecule has 10 heteroatoms. The van der Waals surface area contributed by atoms with E-state index in [0.717, 1.165) is 24.3 Å². The van der Waals surface area contributed by atoms with Crippen LogP contribution in [0.15, 0.2) is 42.5 Å². The molecule has 0 aromatic heterocycles. The fourth-order valence-corrected chi connectivity index (χ4v) is 2.29. The first kappa shape index (κ1) is 20.9. The molecule has 7 nitrogen and oxygen atoms in total. The van der Waals surface area contributed by atoms with E-state index >= 15 is 0 Å². The summed E-state index contributed by atoms with van der Waals surface area (Å²) in [6.07, 6.45) is -5.87. The molecule has 28 heavy (non-hydrogen) atoms. The van der Waals surface area contributed by atoms with E-state index in [1.165, 1.54) is 32.0 Å². The number of nitro groups is 1. The van der Waals surface area contributed by atoms with Crippen molar-refractivity contribution in [3.8, 4) is 0 Å². The van der Waals surface area contributed by atoms with Crippen molar-refractivity contribution >= 4 is 23.3 Å². The minimum atomic E-state index is -4.56. The normalized spacial score (nSPS) is 12.2. The summed E-state index contributed by atoms with van der Waals surface area (Å²) in [6, 6.07) is 7.58. The van der Waals surface area contributed by atoms with Crippen LogP contribution < -0.4 is 5.32 Å². The number of rotatable bonds is 5. The molecule has 0 spiro atoms. The molecule has 0 heterocycles. The van der Waals surface area contributed by atoms with Crippen LogP contribution in [0.3, 0.4) is 0 Å². The zero-order valence-corrected chi connectivity index (χ0v) is 14.7. The summed E-state index contributed by atoms with van der Waals surface area (Å²) >= 11 is 0. The van der Waals surface area contributed by atoms with Crippen LogP contribution in [0.4, 0.5) is 24.5 Å². The summed E-state index contributed by atoms with van der Waals surface area (Å²) in [5.41, 5.74) is -0.973. The summed E-state index contributed by atoms with van der Waals surface area (Å²) < 4.78 is 43.1. The van der Waals surface area contributed by atoms with Crippen LogP contribution in [0, 0.1) is 17.0 Å². The van der Waals surface area contributed by atoms with Gasteiger partial charge in [-0.05, 0) is 44.2 Å². The predicted molar refractivity (Wildman–Crippen MR) is 92.8 cm³/mol. The standard InChI is InChI=1S/C18H15F3N2O5/c1-10-8-12(6-7-15(10)23(26)27)17(25)28-11(2)16(24)22-14-5-3-4-13(9-14)18(19,20)21/h3-9,11H,1-2H3,(H,22,24). The van der Waals surface area contributed by atoms with Crippen LogP contribution in [0.5, 0.6) is 0 Å². The van der Waals surface area contributed by atoms with Gasteiger partial charge in [-0.2, -0.15) is 13.2 Å². The van der Waals surface area contributed by atoms with Crippen LogP contribution in [0.2, 0.25) is 0 Å². The number of nitro benzene ring substituents is 1. The summed E-state index contributed by atoms with van der Waals surface area (Å²) in [5, 5.41) is 13.0. The number of nitrogens with zero attached hydrogens (tertiary/aromatic N) is 1. The number of hydrogen-bond donors (Lipinski definition) is 1. The highest BCUT2D eigenvalue weighted by molar-refractivity contribution is 5.97. The Kier molecular flexibility index (Phi) is 6.02. The topological polar surface area (TPSA) is 98.5 Å². The minimum absolute atomic E-state index is 0.00168. The minimum Gasteiger partial charge on any atom is -0.449 e. The van der Waals surface area contributed by atoms with E-state index in [-0.39, 0.29) is 22.5 Å². The molecule has 0 aliphatic carbocycles. The number of nitrogens with one attached hydrogen (secondary N) is 1. The highest BCUT2D eigenvalue weighted by Gasteiger charge is 2.30. The number of anilines is 1. The van der Waals surface area contributed by atoms with Gasteiger partial charge in [-0.15, -0.1) is 0 Å². The van der Waals surface area contributed by atoms with Gasteiger partial charge in [0.05, 0.1) is 16.1 Å². The highest BCUT2D eigenvalue weighted by atomic mass is 19.4. The van der Waals surface area contributed by atoms with Gasteiger partial charge in [-0.1, -0.05) is 6.07 Å². The monoisotopic (exact) mass is 396 g/mol. The van der Waals surface area contributed by atoms with E-state index in [1.54, 1.807) is 0 Å². The number of halogens is 3. The van der Waals surface area contributed by atoms with Gasteiger partial charge in [-0.3, -0.25) is 14.9 Å². The van der Waals surface area contributed by atoms with Crippen molar-refractivity contribution in [2.45, 2.75) is 26.1 Å². The van der Waals surface area contributed by atoms with Gasteiger partial charge in [0.2, 0.25) is 0 Å². The second kappa shape index (κ2) is 8.07. The third-order valence-corrected chi connectivity index (χ3v) is 3.74. The Bertz CT molecular complexity index is 928. The number of aryl methyl sites for hydroxylation is 1. The number of hydrogen-bond acceptors (Lipinski definition) is 5. The van der Waals surface area contributed by atoms with Crippen molar-refractivity contribution in [2.75, 3.05) is 5.32 Å². The third-order valence-electron chi connectivity index (χ3n) is 3.74. The maximum atomic E-state index is 12.7. The number of carbonyl (C=O) groups excluding carboxylic acids is 2. The molecule has 0 saturated carbocycles. The van der Waals surface area contributed by atoms with E-state index in [0.29, 0.717) is 0 Å². The molecule has 0 aliphatic rings. The maximum absolute atomic E-state index is 12.7.